The summed E-state index contributed by atoms with van der Waals surface area (Å²) in [6, 6.07) is 16.4. The van der Waals surface area contributed by atoms with E-state index in [-0.39, 0.29) is 35.2 Å². The summed E-state index contributed by atoms with van der Waals surface area (Å²) in [4.78, 5) is 24.3. The molecule has 0 spiro atoms. The van der Waals surface area contributed by atoms with Gasteiger partial charge < -0.3 is 15.1 Å². The lowest BCUT2D eigenvalue weighted by Crippen LogP contribution is -2.15. The summed E-state index contributed by atoms with van der Waals surface area (Å²) in [5.74, 6) is -0.410. The molecule has 1 aliphatic carbocycles. The maximum Gasteiger partial charge on any atom is 0.291 e. The highest BCUT2D eigenvalue weighted by atomic mass is 19.1. The Bertz CT molecular complexity index is 950. The summed E-state index contributed by atoms with van der Waals surface area (Å²) in [6.45, 7) is 0. The Morgan fingerprint density at radius 2 is 1.59 bits per heavy atom. The molecule has 1 fully saturated rings. The molecule has 1 aliphatic rings. The van der Waals surface area contributed by atoms with E-state index < -0.39 is 0 Å². The second-order valence-corrected chi connectivity index (χ2v) is 6.50. The van der Waals surface area contributed by atoms with Gasteiger partial charge in [0.25, 0.3) is 5.91 Å². The van der Waals surface area contributed by atoms with Crippen LogP contribution in [0.3, 0.4) is 0 Å². The molecule has 2 aromatic carbocycles. The Morgan fingerprint density at radius 1 is 0.926 bits per heavy atom. The molecule has 0 radical (unpaired) electrons. The quantitative estimate of drug-likeness (QED) is 0.704. The number of amides is 2. The van der Waals surface area contributed by atoms with E-state index in [0.29, 0.717) is 11.4 Å². The maximum absolute atomic E-state index is 13.0. The molecule has 1 heterocycles. The van der Waals surface area contributed by atoms with Crippen molar-refractivity contribution >= 4 is 23.2 Å². The molecule has 1 saturated carbocycles. The number of halogens is 1. The molecule has 2 N–H and O–H groups in total. The number of nitrogens with one attached hydrogen (secondary N) is 2. The Balaban J connectivity index is 1.33. The number of benzene rings is 2. The van der Waals surface area contributed by atoms with Gasteiger partial charge in [0.2, 0.25) is 5.91 Å². The minimum Gasteiger partial charge on any atom is -0.459 e. The van der Waals surface area contributed by atoms with Crippen molar-refractivity contribution in [3.05, 3.63) is 84.1 Å². The molecule has 27 heavy (non-hydrogen) atoms. The van der Waals surface area contributed by atoms with Gasteiger partial charge in [-0.3, -0.25) is 9.59 Å². The Hall–Kier alpha value is -3.41. The van der Waals surface area contributed by atoms with Crippen LogP contribution in [0, 0.1) is 11.7 Å². The monoisotopic (exact) mass is 364 g/mol. The first-order valence-corrected chi connectivity index (χ1v) is 8.61. The molecular formula is C21H17FN2O3. The Kier molecular flexibility index (Phi) is 4.46. The summed E-state index contributed by atoms with van der Waals surface area (Å²) in [7, 11) is 0. The van der Waals surface area contributed by atoms with E-state index in [9.17, 15) is 14.0 Å². The summed E-state index contributed by atoms with van der Waals surface area (Å²) < 4.78 is 18.0. The Morgan fingerprint density at radius 3 is 2.22 bits per heavy atom. The lowest BCUT2D eigenvalue weighted by molar-refractivity contribution is -0.117. The standard InChI is InChI=1S/C21H17FN2O3/c22-14-5-3-13(4-6-14)17-12-18(17)20(25)23-15-7-9-16(10-8-15)24-21(26)19-2-1-11-27-19/h1-11,17-18H,12H2,(H,23,25)(H,24,26)/t17-,18+/m0/s1. The summed E-state index contributed by atoms with van der Waals surface area (Å²) in [5, 5.41) is 5.60. The van der Waals surface area contributed by atoms with Crippen molar-refractivity contribution in [1.29, 1.82) is 0 Å². The lowest BCUT2D eigenvalue weighted by atomic mass is 10.1. The van der Waals surface area contributed by atoms with Crippen LogP contribution >= 0.6 is 0 Å². The molecule has 2 atom stereocenters. The smallest absolute Gasteiger partial charge is 0.291 e. The van der Waals surface area contributed by atoms with Crippen molar-refractivity contribution in [2.24, 2.45) is 5.92 Å². The van der Waals surface area contributed by atoms with E-state index in [1.54, 1.807) is 48.5 Å². The SMILES string of the molecule is O=C(Nc1ccc(NC(=O)[C@@H]2C[C@H]2c2ccc(F)cc2)cc1)c1ccco1. The number of carbonyl (C=O) groups is 2. The fourth-order valence-corrected chi connectivity index (χ4v) is 3.04. The van der Waals surface area contributed by atoms with Crippen LogP contribution in [0.2, 0.25) is 0 Å². The second kappa shape index (κ2) is 7.07. The highest BCUT2D eigenvalue weighted by molar-refractivity contribution is 6.02. The van der Waals surface area contributed by atoms with Crippen LogP contribution in [0.15, 0.2) is 71.3 Å². The molecular weight excluding hydrogens is 347 g/mol. The zero-order valence-electron chi connectivity index (χ0n) is 14.3. The molecule has 0 bridgehead atoms. The van der Waals surface area contributed by atoms with E-state index in [4.69, 9.17) is 4.42 Å². The van der Waals surface area contributed by atoms with Crippen molar-refractivity contribution < 1.29 is 18.4 Å². The third kappa shape index (κ3) is 3.89. The number of furan rings is 1. The van der Waals surface area contributed by atoms with Gasteiger partial charge in [0.05, 0.1) is 6.26 Å². The number of carbonyl (C=O) groups excluding carboxylic acids is 2. The van der Waals surface area contributed by atoms with Crippen molar-refractivity contribution in [1.82, 2.24) is 0 Å². The molecule has 3 aromatic rings. The highest BCUT2D eigenvalue weighted by Crippen LogP contribution is 2.48. The van der Waals surface area contributed by atoms with Crippen LogP contribution in [0.5, 0.6) is 0 Å². The van der Waals surface area contributed by atoms with Gasteiger partial charge in [-0.2, -0.15) is 0 Å². The molecule has 2 amide bonds. The Labute approximate surface area is 155 Å². The number of hydrogen-bond donors (Lipinski definition) is 2. The van der Waals surface area contributed by atoms with E-state index in [1.165, 1.54) is 18.4 Å². The molecule has 1 aromatic heterocycles. The fraction of sp³-hybridized carbons (Fsp3) is 0.143. The van der Waals surface area contributed by atoms with Crippen LogP contribution in [0.4, 0.5) is 15.8 Å². The average Bonchev–Trinajstić information content (AvgIpc) is 3.28. The molecule has 0 aliphatic heterocycles. The van der Waals surface area contributed by atoms with Crippen molar-refractivity contribution in [2.75, 3.05) is 10.6 Å². The van der Waals surface area contributed by atoms with Gasteiger partial charge in [-0.1, -0.05) is 12.1 Å². The van der Waals surface area contributed by atoms with Gasteiger partial charge in [-0.25, -0.2) is 4.39 Å². The predicted octanol–water partition coefficient (Wildman–Crippen LogP) is 4.41. The van der Waals surface area contributed by atoms with E-state index in [0.717, 1.165) is 12.0 Å². The van der Waals surface area contributed by atoms with Crippen LogP contribution < -0.4 is 10.6 Å². The van der Waals surface area contributed by atoms with Gasteiger partial charge >= 0.3 is 0 Å². The summed E-state index contributed by atoms with van der Waals surface area (Å²) in [5.41, 5.74) is 2.23. The largest absolute Gasteiger partial charge is 0.459 e. The molecule has 6 heteroatoms. The first-order chi connectivity index (χ1) is 13.1. The molecule has 0 unspecified atom stereocenters. The number of hydrogen-bond acceptors (Lipinski definition) is 3. The predicted molar refractivity (Wildman–Crippen MR) is 99.0 cm³/mol. The highest BCUT2D eigenvalue weighted by Gasteiger charge is 2.43. The van der Waals surface area contributed by atoms with E-state index in [2.05, 4.69) is 10.6 Å². The minimum atomic E-state index is -0.336. The number of anilines is 2. The molecule has 0 saturated heterocycles. The summed E-state index contributed by atoms with van der Waals surface area (Å²) in [6.07, 6.45) is 2.19. The van der Waals surface area contributed by atoms with Crippen molar-refractivity contribution in [3.63, 3.8) is 0 Å². The van der Waals surface area contributed by atoms with Crippen LogP contribution in [0.1, 0.15) is 28.5 Å². The average molecular weight is 364 g/mol. The third-order valence-corrected chi connectivity index (χ3v) is 4.58. The zero-order chi connectivity index (χ0) is 18.8. The van der Waals surface area contributed by atoms with E-state index in [1.807, 2.05) is 0 Å². The fourth-order valence-electron chi connectivity index (χ4n) is 3.04. The van der Waals surface area contributed by atoms with Gasteiger partial charge in [-0.15, -0.1) is 0 Å². The topological polar surface area (TPSA) is 71.3 Å². The van der Waals surface area contributed by atoms with Gasteiger partial charge in [0.1, 0.15) is 5.82 Å². The van der Waals surface area contributed by atoms with Crippen molar-refractivity contribution in [3.8, 4) is 0 Å². The molecule has 5 nitrogen and oxygen atoms in total. The molecule has 136 valence electrons. The van der Waals surface area contributed by atoms with Crippen LogP contribution in [-0.4, -0.2) is 11.8 Å². The van der Waals surface area contributed by atoms with Gasteiger partial charge in [-0.05, 0) is 66.4 Å². The van der Waals surface area contributed by atoms with Crippen LogP contribution in [0.25, 0.3) is 0 Å². The molecule has 4 rings (SSSR count). The minimum absolute atomic E-state index is 0.0586. The third-order valence-electron chi connectivity index (χ3n) is 4.58. The van der Waals surface area contributed by atoms with E-state index >= 15 is 0 Å². The first-order valence-electron chi connectivity index (χ1n) is 8.61. The van der Waals surface area contributed by atoms with Crippen molar-refractivity contribution in [2.45, 2.75) is 12.3 Å². The second-order valence-electron chi connectivity index (χ2n) is 6.50. The maximum atomic E-state index is 13.0. The first kappa shape index (κ1) is 17.0. The zero-order valence-corrected chi connectivity index (χ0v) is 14.3. The lowest BCUT2D eigenvalue weighted by Gasteiger charge is -2.07. The summed E-state index contributed by atoms with van der Waals surface area (Å²) >= 11 is 0. The van der Waals surface area contributed by atoms with Crippen LogP contribution in [-0.2, 0) is 4.79 Å². The normalized spacial score (nSPS) is 18.0. The van der Waals surface area contributed by atoms with Gasteiger partial charge in [0.15, 0.2) is 5.76 Å². The van der Waals surface area contributed by atoms with Gasteiger partial charge in [0, 0.05) is 17.3 Å². The number of rotatable bonds is 5.